The first-order chi connectivity index (χ1) is 14.7. The lowest BCUT2D eigenvalue weighted by molar-refractivity contribution is -0.112. The van der Waals surface area contributed by atoms with Crippen LogP contribution >= 0.6 is 0 Å². The van der Waals surface area contributed by atoms with Crippen LogP contribution in [0.3, 0.4) is 0 Å². The minimum absolute atomic E-state index is 0.0594. The van der Waals surface area contributed by atoms with E-state index in [0.717, 1.165) is 11.1 Å². The third kappa shape index (κ3) is 4.40. The van der Waals surface area contributed by atoms with Gasteiger partial charge in [-0.3, -0.25) is 9.59 Å². The van der Waals surface area contributed by atoms with Crippen molar-refractivity contribution in [1.82, 2.24) is 4.98 Å². The molecule has 0 saturated carbocycles. The summed E-state index contributed by atoms with van der Waals surface area (Å²) >= 11 is 0. The first-order valence-electron chi connectivity index (χ1n) is 9.82. The molecule has 160 valence electrons. The molecule has 0 aliphatic rings. The summed E-state index contributed by atoms with van der Waals surface area (Å²) in [5, 5.41) is 2.66. The van der Waals surface area contributed by atoms with Gasteiger partial charge in [-0.25, -0.2) is 9.18 Å². The highest BCUT2D eigenvalue weighted by molar-refractivity contribution is 6.47. The fourth-order valence-electron chi connectivity index (χ4n) is 3.45. The minimum atomic E-state index is -0.850. The molecule has 7 heteroatoms. The number of aryl methyl sites for hydroxylation is 3. The summed E-state index contributed by atoms with van der Waals surface area (Å²) in [7, 11) is 0. The van der Waals surface area contributed by atoms with Crippen molar-refractivity contribution >= 4 is 23.3 Å². The van der Waals surface area contributed by atoms with Crippen molar-refractivity contribution in [2.45, 2.75) is 27.7 Å². The Morgan fingerprint density at radius 2 is 1.61 bits per heavy atom. The number of anilines is 1. The summed E-state index contributed by atoms with van der Waals surface area (Å²) in [6, 6.07) is 10.8. The lowest BCUT2D eigenvalue weighted by Gasteiger charge is -2.11. The highest BCUT2D eigenvalue weighted by atomic mass is 19.1. The standard InChI is InChI=1S/C24H23FN2O4/c1-5-31-24(30)18-15(4)26-21(19(18)16-9-11-17(25)12-10-16)22(28)23(29)27-20-13(2)7-6-8-14(20)3/h6-12,26H,5H2,1-4H3,(H,27,29). The van der Waals surface area contributed by atoms with Crippen molar-refractivity contribution in [3.63, 3.8) is 0 Å². The van der Waals surface area contributed by atoms with Gasteiger partial charge in [-0.15, -0.1) is 0 Å². The second-order valence-corrected chi connectivity index (χ2v) is 7.15. The number of amides is 1. The van der Waals surface area contributed by atoms with Crippen molar-refractivity contribution in [2.24, 2.45) is 0 Å². The van der Waals surface area contributed by atoms with Gasteiger partial charge in [0, 0.05) is 16.9 Å². The van der Waals surface area contributed by atoms with Crippen LogP contribution in [-0.2, 0) is 9.53 Å². The number of nitrogens with one attached hydrogen (secondary N) is 2. The van der Waals surface area contributed by atoms with Gasteiger partial charge >= 0.3 is 5.97 Å². The van der Waals surface area contributed by atoms with Gasteiger partial charge in [0.15, 0.2) is 0 Å². The number of ketones is 1. The second kappa shape index (κ2) is 8.95. The van der Waals surface area contributed by atoms with Crippen molar-refractivity contribution in [2.75, 3.05) is 11.9 Å². The number of benzene rings is 2. The summed E-state index contributed by atoms with van der Waals surface area (Å²) in [5.74, 6) is -2.79. The molecule has 0 aliphatic heterocycles. The molecule has 1 heterocycles. The smallest absolute Gasteiger partial charge is 0.340 e. The Morgan fingerprint density at radius 3 is 2.19 bits per heavy atom. The number of rotatable bonds is 6. The molecule has 31 heavy (non-hydrogen) atoms. The number of hydrogen-bond donors (Lipinski definition) is 2. The molecule has 0 atom stereocenters. The fourth-order valence-corrected chi connectivity index (χ4v) is 3.45. The summed E-state index contributed by atoms with van der Waals surface area (Å²) in [4.78, 5) is 41.4. The molecular weight excluding hydrogens is 399 g/mol. The highest BCUT2D eigenvalue weighted by Crippen LogP contribution is 2.32. The molecule has 0 fully saturated rings. The average Bonchev–Trinajstić information content (AvgIpc) is 3.08. The van der Waals surface area contributed by atoms with Crippen LogP contribution in [0, 0.1) is 26.6 Å². The summed E-state index contributed by atoms with van der Waals surface area (Å²) < 4.78 is 18.6. The van der Waals surface area contributed by atoms with E-state index in [0.29, 0.717) is 16.9 Å². The number of ether oxygens (including phenoxy) is 1. The van der Waals surface area contributed by atoms with Gasteiger partial charge in [-0.2, -0.15) is 0 Å². The highest BCUT2D eigenvalue weighted by Gasteiger charge is 2.30. The molecule has 1 aromatic heterocycles. The van der Waals surface area contributed by atoms with Crippen LogP contribution in [-0.4, -0.2) is 29.3 Å². The SMILES string of the molecule is CCOC(=O)c1c(C)[nH]c(C(=O)C(=O)Nc2c(C)cccc2C)c1-c1ccc(F)cc1. The molecule has 1 amide bonds. The molecule has 0 radical (unpaired) electrons. The molecule has 2 aromatic carbocycles. The molecule has 0 saturated heterocycles. The number of esters is 1. The van der Waals surface area contributed by atoms with Gasteiger partial charge in [0.25, 0.3) is 11.7 Å². The quantitative estimate of drug-likeness (QED) is 0.341. The first kappa shape index (κ1) is 22.0. The topological polar surface area (TPSA) is 88.3 Å². The van der Waals surface area contributed by atoms with E-state index >= 15 is 0 Å². The summed E-state index contributed by atoms with van der Waals surface area (Å²) in [5.41, 5.74) is 3.26. The number of Topliss-reactive ketones (excluding diaryl/α,β-unsaturated/α-hetero) is 1. The third-order valence-corrected chi connectivity index (χ3v) is 4.95. The number of halogens is 1. The van der Waals surface area contributed by atoms with Gasteiger partial charge in [-0.1, -0.05) is 30.3 Å². The van der Waals surface area contributed by atoms with Crippen molar-refractivity contribution < 1.29 is 23.5 Å². The maximum absolute atomic E-state index is 13.5. The lowest BCUT2D eigenvalue weighted by Crippen LogP contribution is -2.24. The zero-order valence-electron chi connectivity index (χ0n) is 17.8. The Balaban J connectivity index is 2.08. The van der Waals surface area contributed by atoms with Gasteiger partial charge in [0.1, 0.15) is 11.5 Å². The Morgan fingerprint density at radius 1 is 1.00 bits per heavy atom. The molecule has 3 rings (SSSR count). The van der Waals surface area contributed by atoms with Crippen LogP contribution in [0.2, 0.25) is 0 Å². The first-order valence-corrected chi connectivity index (χ1v) is 9.82. The van der Waals surface area contributed by atoms with Crippen LogP contribution in [0.4, 0.5) is 10.1 Å². The normalized spacial score (nSPS) is 10.6. The van der Waals surface area contributed by atoms with E-state index in [9.17, 15) is 18.8 Å². The average molecular weight is 422 g/mol. The molecule has 0 spiro atoms. The van der Waals surface area contributed by atoms with Crippen LogP contribution in [0.25, 0.3) is 11.1 Å². The molecule has 0 unspecified atom stereocenters. The largest absolute Gasteiger partial charge is 0.462 e. The zero-order valence-corrected chi connectivity index (χ0v) is 17.8. The Bertz CT molecular complexity index is 1140. The number of aromatic nitrogens is 1. The van der Waals surface area contributed by atoms with E-state index in [2.05, 4.69) is 10.3 Å². The monoisotopic (exact) mass is 422 g/mol. The number of carbonyl (C=O) groups is 3. The minimum Gasteiger partial charge on any atom is -0.462 e. The number of carbonyl (C=O) groups excluding carboxylic acids is 3. The molecule has 0 aliphatic carbocycles. The lowest BCUT2D eigenvalue weighted by atomic mass is 9.98. The number of hydrogen-bond acceptors (Lipinski definition) is 4. The van der Waals surface area contributed by atoms with Crippen molar-refractivity contribution in [3.8, 4) is 11.1 Å². The predicted molar refractivity (Wildman–Crippen MR) is 116 cm³/mol. The molecule has 2 N–H and O–H groups in total. The van der Waals surface area contributed by atoms with Gasteiger partial charge in [0.2, 0.25) is 0 Å². The van der Waals surface area contributed by atoms with E-state index in [4.69, 9.17) is 4.74 Å². The van der Waals surface area contributed by atoms with Gasteiger partial charge < -0.3 is 15.0 Å². The Hall–Kier alpha value is -3.74. The third-order valence-electron chi connectivity index (χ3n) is 4.95. The van der Waals surface area contributed by atoms with Crippen LogP contribution < -0.4 is 5.32 Å². The number of para-hydroxylation sites is 1. The van der Waals surface area contributed by atoms with Crippen molar-refractivity contribution in [3.05, 3.63) is 76.4 Å². The Labute approximate surface area is 179 Å². The zero-order chi connectivity index (χ0) is 22.7. The number of H-pyrrole nitrogens is 1. The summed E-state index contributed by atoms with van der Waals surface area (Å²) in [6.07, 6.45) is 0. The molecule has 6 nitrogen and oxygen atoms in total. The van der Waals surface area contributed by atoms with Gasteiger partial charge in [-0.05, 0) is 56.5 Å². The predicted octanol–water partition coefficient (Wildman–Crippen LogP) is 4.74. The van der Waals surface area contributed by atoms with E-state index in [1.54, 1.807) is 13.8 Å². The summed E-state index contributed by atoms with van der Waals surface area (Å²) in [6.45, 7) is 7.08. The fraction of sp³-hybridized carbons (Fsp3) is 0.208. The molecule has 0 bridgehead atoms. The molecule has 3 aromatic rings. The van der Waals surface area contributed by atoms with Gasteiger partial charge in [0.05, 0.1) is 12.2 Å². The van der Waals surface area contributed by atoms with Crippen LogP contribution in [0.1, 0.15) is 44.6 Å². The number of aromatic amines is 1. The molecular formula is C24H23FN2O4. The second-order valence-electron chi connectivity index (χ2n) is 7.15. The Kier molecular flexibility index (Phi) is 6.34. The van der Waals surface area contributed by atoms with E-state index in [-0.39, 0.29) is 23.4 Å². The van der Waals surface area contributed by atoms with Crippen LogP contribution in [0.5, 0.6) is 0 Å². The van der Waals surface area contributed by atoms with E-state index in [1.807, 2.05) is 32.0 Å². The van der Waals surface area contributed by atoms with Crippen molar-refractivity contribution in [1.29, 1.82) is 0 Å². The maximum Gasteiger partial charge on any atom is 0.340 e. The van der Waals surface area contributed by atoms with E-state index < -0.39 is 23.5 Å². The maximum atomic E-state index is 13.5. The van der Waals surface area contributed by atoms with Crippen LogP contribution in [0.15, 0.2) is 42.5 Å². The van der Waals surface area contributed by atoms with E-state index in [1.165, 1.54) is 24.3 Å².